The number of hydrogen-bond acceptors (Lipinski definition) is 3. The van der Waals surface area contributed by atoms with Crippen LogP contribution in [0, 0.1) is 11.8 Å². The molecule has 30 heavy (non-hydrogen) atoms. The topological polar surface area (TPSA) is 48.6 Å². The van der Waals surface area contributed by atoms with Crippen LogP contribution in [0.4, 0.5) is 18.0 Å². The molecule has 0 saturated carbocycles. The number of aromatic nitrogens is 1. The predicted octanol–water partition coefficient (Wildman–Crippen LogP) is 4.07. The number of aromatic amines is 1. The summed E-state index contributed by atoms with van der Waals surface area (Å²) in [6.45, 7) is 4.82. The summed E-state index contributed by atoms with van der Waals surface area (Å²) in [6, 6.07) is 4.03. The largest absolute Gasteiger partial charge is 0.448 e. The van der Waals surface area contributed by atoms with Crippen molar-refractivity contribution in [2.75, 3.05) is 39.3 Å². The van der Waals surface area contributed by atoms with Crippen molar-refractivity contribution < 1.29 is 22.7 Å². The standard InChI is InChI=1S/C22H26F3N3O2/c23-22(24,25)16-2-3-19-18(12-16)17-10-15-13-27(7-4-14(15)11-20(17)26-19)5-1-6-28-8-9-30-21(28)29/h2-3,12,14-15,26H,1,4-11,13H2/t14?,15-/m0/s1. The third kappa shape index (κ3) is 3.66. The number of ether oxygens (including phenoxy) is 1. The van der Waals surface area contributed by atoms with Crippen molar-refractivity contribution in [3.63, 3.8) is 0 Å². The van der Waals surface area contributed by atoms with E-state index in [4.69, 9.17) is 4.74 Å². The molecule has 1 aliphatic carbocycles. The monoisotopic (exact) mass is 421 g/mol. The van der Waals surface area contributed by atoms with Gasteiger partial charge in [0.25, 0.3) is 0 Å². The smallest absolute Gasteiger partial charge is 0.416 e. The van der Waals surface area contributed by atoms with Gasteiger partial charge in [0.2, 0.25) is 0 Å². The molecule has 8 heteroatoms. The number of nitrogens with one attached hydrogen (secondary N) is 1. The number of nitrogens with zero attached hydrogens (tertiary/aromatic N) is 2. The van der Waals surface area contributed by atoms with E-state index < -0.39 is 11.7 Å². The van der Waals surface area contributed by atoms with Gasteiger partial charge in [-0.25, -0.2) is 4.79 Å². The molecule has 0 spiro atoms. The van der Waals surface area contributed by atoms with Gasteiger partial charge in [0.1, 0.15) is 6.61 Å². The number of carbonyl (C=O) groups is 1. The third-order valence-corrected chi connectivity index (χ3v) is 6.98. The molecule has 0 bridgehead atoms. The Kier molecular flexibility index (Phi) is 4.92. The normalized spacial score (nSPS) is 24.8. The van der Waals surface area contributed by atoms with Crippen LogP contribution in [0.1, 0.15) is 29.7 Å². The Bertz CT molecular complexity index is 955. The number of piperidine rings is 1. The molecule has 2 atom stereocenters. The maximum absolute atomic E-state index is 13.2. The number of halogens is 3. The summed E-state index contributed by atoms with van der Waals surface area (Å²) in [4.78, 5) is 19.1. The van der Waals surface area contributed by atoms with Crippen LogP contribution in [0.5, 0.6) is 0 Å². The first-order chi connectivity index (χ1) is 14.4. The molecule has 2 fully saturated rings. The van der Waals surface area contributed by atoms with E-state index in [9.17, 15) is 18.0 Å². The molecule has 3 aliphatic rings. The number of rotatable bonds is 4. The zero-order chi connectivity index (χ0) is 20.9. The zero-order valence-electron chi connectivity index (χ0n) is 16.8. The minimum absolute atomic E-state index is 0.217. The van der Waals surface area contributed by atoms with Crippen molar-refractivity contribution in [1.29, 1.82) is 0 Å². The number of likely N-dealkylation sites (tertiary alicyclic amines) is 1. The van der Waals surface area contributed by atoms with Crippen molar-refractivity contribution in [2.45, 2.75) is 31.9 Å². The molecule has 5 rings (SSSR count). The van der Waals surface area contributed by atoms with Crippen LogP contribution in [0.3, 0.4) is 0 Å². The van der Waals surface area contributed by atoms with Gasteiger partial charge in [-0.3, -0.25) is 0 Å². The number of amides is 1. The average Bonchev–Trinajstić information content (AvgIpc) is 3.28. The summed E-state index contributed by atoms with van der Waals surface area (Å²) >= 11 is 0. The fourth-order valence-electron chi connectivity index (χ4n) is 5.38. The second-order valence-electron chi connectivity index (χ2n) is 8.81. The Balaban J connectivity index is 1.26. The first-order valence-corrected chi connectivity index (χ1v) is 10.7. The number of hydrogen-bond donors (Lipinski definition) is 1. The Morgan fingerprint density at radius 1 is 1.13 bits per heavy atom. The van der Waals surface area contributed by atoms with E-state index in [1.807, 2.05) is 0 Å². The lowest BCUT2D eigenvalue weighted by Gasteiger charge is -2.41. The van der Waals surface area contributed by atoms with Gasteiger partial charge in [-0.05, 0) is 74.4 Å². The summed E-state index contributed by atoms with van der Waals surface area (Å²) in [5.74, 6) is 1.05. The van der Waals surface area contributed by atoms with Gasteiger partial charge in [0.05, 0.1) is 12.1 Å². The second-order valence-corrected chi connectivity index (χ2v) is 8.81. The fourth-order valence-corrected chi connectivity index (χ4v) is 5.38. The van der Waals surface area contributed by atoms with Crippen molar-refractivity contribution in [3.8, 4) is 0 Å². The molecule has 5 nitrogen and oxygen atoms in total. The first kappa shape index (κ1) is 19.7. The van der Waals surface area contributed by atoms with E-state index in [1.165, 1.54) is 6.07 Å². The van der Waals surface area contributed by atoms with Gasteiger partial charge in [0.15, 0.2) is 0 Å². The summed E-state index contributed by atoms with van der Waals surface area (Å²) in [7, 11) is 0. The molecule has 1 aromatic heterocycles. The van der Waals surface area contributed by atoms with Crippen LogP contribution >= 0.6 is 0 Å². The summed E-state index contributed by atoms with van der Waals surface area (Å²) in [5, 5.41) is 0.725. The highest BCUT2D eigenvalue weighted by molar-refractivity contribution is 5.85. The quantitative estimate of drug-likeness (QED) is 0.810. The highest BCUT2D eigenvalue weighted by atomic mass is 19.4. The molecule has 2 aliphatic heterocycles. The molecular formula is C22H26F3N3O2. The van der Waals surface area contributed by atoms with Gasteiger partial charge < -0.3 is 19.5 Å². The van der Waals surface area contributed by atoms with Crippen LogP contribution in [0.15, 0.2) is 18.2 Å². The predicted molar refractivity (Wildman–Crippen MR) is 106 cm³/mol. The molecule has 0 radical (unpaired) electrons. The second kappa shape index (κ2) is 7.48. The minimum atomic E-state index is -4.32. The molecule has 1 amide bonds. The fraction of sp³-hybridized carbons (Fsp3) is 0.591. The lowest BCUT2D eigenvalue weighted by Crippen LogP contribution is -2.44. The molecule has 3 heterocycles. The van der Waals surface area contributed by atoms with Crippen molar-refractivity contribution in [2.24, 2.45) is 11.8 Å². The third-order valence-electron chi connectivity index (χ3n) is 6.98. The van der Waals surface area contributed by atoms with Crippen molar-refractivity contribution >= 4 is 17.0 Å². The molecule has 162 valence electrons. The molecule has 2 aromatic rings. The lowest BCUT2D eigenvalue weighted by molar-refractivity contribution is -0.137. The average molecular weight is 421 g/mol. The number of carbonyl (C=O) groups excluding carboxylic acids is 1. The Morgan fingerprint density at radius 2 is 2.00 bits per heavy atom. The minimum Gasteiger partial charge on any atom is -0.448 e. The van der Waals surface area contributed by atoms with Crippen molar-refractivity contribution in [1.82, 2.24) is 14.8 Å². The van der Waals surface area contributed by atoms with Crippen LogP contribution in [0.25, 0.3) is 10.9 Å². The van der Waals surface area contributed by atoms with E-state index in [1.54, 1.807) is 11.0 Å². The molecule has 1 aromatic carbocycles. The van der Waals surface area contributed by atoms with Gasteiger partial charge in [0, 0.05) is 29.7 Å². The Labute approximate surface area is 173 Å². The number of benzene rings is 1. The summed E-state index contributed by atoms with van der Waals surface area (Å²) in [5.41, 5.74) is 2.41. The highest BCUT2D eigenvalue weighted by Crippen LogP contribution is 2.40. The maximum Gasteiger partial charge on any atom is 0.416 e. The summed E-state index contributed by atoms with van der Waals surface area (Å²) in [6.07, 6.45) is -0.761. The van der Waals surface area contributed by atoms with Crippen LogP contribution in [0.2, 0.25) is 0 Å². The van der Waals surface area contributed by atoms with Crippen molar-refractivity contribution in [3.05, 3.63) is 35.0 Å². The van der Waals surface area contributed by atoms with Crippen LogP contribution in [-0.2, 0) is 23.8 Å². The Morgan fingerprint density at radius 3 is 2.77 bits per heavy atom. The molecule has 1 N–H and O–H groups in total. The van der Waals surface area contributed by atoms with Gasteiger partial charge in [-0.2, -0.15) is 13.2 Å². The Hall–Kier alpha value is -2.22. The lowest BCUT2D eigenvalue weighted by atomic mass is 9.74. The molecular weight excluding hydrogens is 395 g/mol. The van der Waals surface area contributed by atoms with E-state index in [-0.39, 0.29) is 6.09 Å². The molecule has 1 unspecified atom stereocenters. The van der Waals surface area contributed by atoms with E-state index in [2.05, 4.69) is 9.88 Å². The number of alkyl halides is 3. The number of H-pyrrole nitrogens is 1. The maximum atomic E-state index is 13.2. The molecule has 2 saturated heterocycles. The number of fused-ring (bicyclic) bond motifs is 4. The van der Waals surface area contributed by atoms with Gasteiger partial charge >= 0.3 is 12.3 Å². The number of cyclic esters (lactones) is 1. The van der Waals surface area contributed by atoms with E-state index in [0.717, 1.165) is 80.1 Å². The van der Waals surface area contributed by atoms with E-state index >= 15 is 0 Å². The summed E-state index contributed by atoms with van der Waals surface area (Å²) < 4.78 is 44.5. The van der Waals surface area contributed by atoms with Gasteiger partial charge in [-0.15, -0.1) is 0 Å². The van der Waals surface area contributed by atoms with Gasteiger partial charge in [-0.1, -0.05) is 0 Å². The first-order valence-electron chi connectivity index (χ1n) is 10.7. The highest BCUT2D eigenvalue weighted by Gasteiger charge is 2.36. The van der Waals surface area contributed by atoms with Crippen LogP contribution in [-0.4, -0.2) is 60.2 Å². The zero-order valence-corrected chi connectivity index (χ0v) is 16.8. The SMILES string of the molecule is O=C1OCCN1CCCN1CCC2Cc3[nH]c4ccc(C(F)(F)F)cc4c3C[C@H]2C1. The van der Waals surface area contributed by atoms with Crippen LogP contribution < -0.4 is 0 Å². The van der Waals surface area contributed by atoms with E-state index in [0.29, 0.717) is 25.0 Å².